The number of aromatic carboxylic acids is 1. The largest absolute Gasteiger partial charge is 0.476 e. The van der Waals surface area contributed by atoms with Crippen LogP contribution in [0, 0.1) is 12.8 Å². The molecule has 1 fully saturated rings. The molecule has 7 nitrogen and oxygen atoms in total. The number of hydrogen-bond acceptors (Lipinski definition) is 4. The average Bonchev–Trinajstić information content (AvgIpc) is 2.69. The average molecular weight is 315 g/mol. The maximum atomic E-state index is 12.5. The van der Waals surface area contributed by atoms with E-state index in [-0.39, 0.29) is 22.5 Å². The number of H-pyrrole nitrogens is 1. The minimum Gasteiger partial charge on any atom is -0.476 e. The monoisotopic (exact) mass is 315 g/mol. The molecule has 0 amide bonds. The fourth-order valence-electron chi connectivity index (χ4n) is 2.82. The molecule has 118 valence electrons. The highest BCUT2D eigenvalue weighted by molar-refractivity contribution is 7.89. The van der Waals surface area contributed by atoms with Crippen LogP contribution in [0.3, 0.4) is 0 Å². The van der Waals surface area contributed by atoms with Gasteiger partial charge >= 0.3 is 5.97 Å². The maximum Gasteiger partial charge on any atom is 0.357 e. The Hall–Kier alpha value is -1.41. The summed E-state index contributed by atoms with van der Waals surface area (Å²) < 4.78 is 27.7. The number of nitrogens with zero attached hydrogens (tertiary/aromatic N) is 1. The SMILES string of the molecule is Cc1[nH]nc(C(=O)O)c1S(=O)(=O)NC1CCCCCC1C. The number of carbonyl (C=O) groups is 1. The Morgan fingerprint density at radius 1 is 1.33 bits per heavy atom. The fourth-order valence-corrected chi connectivity index (χ4v) is 4.52. The molecule has 1 aliphatic carbocycles. The highest BCUT2D eigenvalue weighted by Gasteiger charge is 2.32. The van der Waals surface area contributed by atoms with Gasteiger partial charge in [-0.3, -0.25) is 5.10 Å². The van der Waals surface area contributed by atoms with Crippen LogP contribution in [0.4, 0.5) is 0 Å². The Balaban J connectivity index is 2.30. The van der Waals surface area contributed by atoms with Crippen LogP contribution in [0.25, 0.3) is 0 Å². The lowest BCUT2D eigenvalue weighted by Crippen LogP contribution is -2.39. The summed E-state index contributed by atoms with van der Waals surface area (Å²) in [5.41, 5.74) is -0.220. The number of rotatable bonds is 4. The summed E-state index contributed by atoms with van der Waals surface area (Å²) in [4.78, 5) is 10.9. The van der Waals surface area contributed by atoms with E-state index in [1.165, 1.54) is 6.92 Å². The van der Waals surface area contributed by atoms with Crippen molar-refractivity contribution in [2.75, 3.05) is 0 Å². The van der Waals surface area contributed by atoms with E-state index in [0.717, 1.165) is 32.1 Å². The van der Waals surface area contributed by atoms with E-state index < -0.39 is 21.7 Å². The van der Waals surface area contributed by atoms with E-state index in [4.69, 9.17) is 5.11 Å². The summed E-state index contributed by atoms with van der Waals surface area (Å²) in [6.45, 7) is 3.53. The van der Waals surface area contributed by atoms with Gasteiger partial charge in [0.25, 0.3) is 0 Å². The number of carboxylic acids is 1. The van der Waals surface area contributed by atoms with E-state index in [2.05, 4.69) is 14.9 Å². The van der Waals surface area contributed by atoms with Crippen LogP contribution in [0.5, 0.6) is 0 Å². The molecule has 2 unspecified atom stereocenters. The first-order valence-corrected chi connectivity index (χ1v) is 8.62. The number of nitrogens with one attached hydrogen (secondary N) is 2. The summed E-state index contributed by atoms with van der Waals surface area (Å²) in [7, 11) is -3.90. The lowest BCUT2D eigenvalue weighted by atomic mass is 9.98. The Kier molecular flexibility index (Phi) is 4.67. The predicted molar refractivity (Wildman–Crippen MR) is 76.6 cm³/mol. The van der Waals surface area contributed by atoms with Crippen molar-refractivity contribution in [2.24, 2.45) is 5.92 Å². The molecule has 2 atom stereocenters. The third kappa shape index (κ3) is 3.44. The first kappa shape index (κ1) is 16.0. The lowest BCUT2D eigenvalue weighted by molar-refractivity contribution is 0.0686. The Labute approximate surface area is 124 Å². The van der Waals surface area contributed by atoms with Gasteiger partial charge in [-0.05, 0) is 25.7 Å². The van der Waals surface area contributed by atoms with E-state index in [1.807, 2.05) is 6.92 Å². The van der Waals surface area contributed by atoms with Gasteiger partial charge in [-0.2, -0.15) is 5.10 Å². The normalized spacial score (nSPS) is 23.7. The zero-order valence-corrected chi connectivity index (χ0v) is 13.0. The van der Waals surface area contributed by atoms with Crippen molar-refractivity contribution in [1.29, 1.82) is 0 Å². The lowest BCUT2D eigenvalue weighted by Gasteiger charge is -2.22. The van der Waals surface area contributed by atoms with Crippen LogP contribution in [-0.2, 0) is 10.0 Å². The second-order valence-electron chi connectivity index (χ2n) is 5.67. The van der Waals surface area contributed by atoms with Crippen LogP contribution in [0.15, 0.2) is 4.90 Å². The van der Waals surface area contributed by atoms with Gasteiger partial charge in [-0.1, -0.05) is 26.2 Å². The van der Waals surface area contributed by atoms with E-state index in [1.54, 1.807) is 0 Å². The van der Waals surface area contributed by atoms with E-state index >= 15 is 0 Å². The van der Waals surface area contributed by atoms with Gasteiger partial charge in [0.05, 0.1) is 5.69 Å². The summed E-state index contributed by atoms with van der Waals surface area (Å²) >= 11 is 0. The number of aromatic amines is 1. The standard InChI is InChI=1S/C13H21N3O4S/c1-8-6-4-3-5-7-10(8)16-21(19,20)12-9(2)14-15-11(12)13(17)18/h8,10,16H,3-7H2,1-2H3,(H,14,15)(H,17,18). The smallest absolute Gasteiger partial charge is 0.357 e. The second kappa shape index (κ2) is 6.15. The summed E-state index contributed by atoms with van der Waals surface area (Å²) in [5, 5.41) is 15.1. The molecule has 1 saturated carbocycles. The van der Waals surface area contributed by atoms with Crippen molar-refractivity contribution in [3.63, 3.8) is 0 Å². The zero-order valence-electron chi connectivity index (χ0n) is 12.2. The van der Waals surface area contributed by atoms with Crippen molar-refractivity contribution < 1.29 is 18.3 Å². The molecule has 0 aliphatic heterocycles. The van der Waals surface area contributed by atoms with Crippen molar-refractivity contribution >= 4 is 16.0 Å². The van der Waals surface area contributed by atoms with Crippen LogP contribution in [0.1, 0.15) is 55.2 Å². The number of sulfonamides is 1. The van der Waals surface area contributed by atoms with Gasteiger partial charge in [0.1, 0.15) is 4.90 Å². The zero-order chi connectivity index (χ0) is 15.6. The van der Waals surface area contributed by atoms with Crippen molar-refractivity contribution in [3.8, 4) is 0 Å². The second-order valence-corrected chi connectivity index (χ2v) is 7.33. The molecule has 8 heteroatoms. The summed E-state index contributed by atoms with van der Waals surface area (Å²) in [6.07, 6.45) is 4.94. The summed E-state index contributed by atoms with van der Waals surface area (Å²) in [6, 6.07) is -0.159. The van der Waals surface area contributed by atoms with Gasteiger partial charge in [0.15, 0.2) is 5.69 Å². The maximum absolute atomic E-state index is 12.5. The first-order chi connectivity index (χ1) is 9.83. The fraction of sp³-hybridized carbons (Fsp3) is 0.692. The number of carboxylic acid groups (broad SMARTS) is 1. The molecule has 0 spiro atoms. The number of aryl methyl sites for hydroxylation is 1. The third-order valence-electron chi connectivity index (χ3n) is 4.03. The van der Waals surface area contributed by atoms with Crippen molar-refractivity contribution in [1.82, 2.24) is 14.9 Å². The van der Waals surface area contributed by atoms with Crippen LogP contribution >= 0.6 is 0 Å². The minimum atomic E-state index is -3.90. The van der Waals surface area contributed by atoms with Crippen LogP contribution in [-0.4, -0.2) is 35.7 Å². The van der Waals surface area contributed by atoms with Gasteiger partial charge in [0.2, 0.25) is 10.0 Å². The molecule has 0 saturated heterocycles. The predicted octanol–water partition coefficient (Wildman–Crippen LogP) is 1.66. The van der Waals surface area contributed by atoms with Crippen LogP contribution in [0.2, 0.25) is 0 Å². The molecule has 1 aromatic rings. The molecule has 2 rings (SSSR count). The van der Waals surface area contributed by atoms with E-state index in [9.17, 15) is 13.2 Å². The molecule has 0 aromatic carbocycles. The molecular weight excluding hydrogens is 294 g/mol. The van der Waals surface area contributed by atoms with E-state index in [0.29, 0.717) is 0 Å². The third-order valence-corrected chi connectivity index (χ3v) is 5.68. The Morgan fingerprint density at radius 2 is 2.00 bits per heavy atom. The minimum absolute atomic E-state index is 0.159. The Morgan fingerprint density at radius 3 is 2.67 bits per heavy atom. The molecular formula is C13H21N3O4S. The first-order valence-electron chi connectivity index (χ1n) is 7.13. The molecule has 21 heavy (non-hydrogen) atoms. The Bertz CT molecular complexity index is 623. The van der Waals surface area contributed by atoms with Crippen molar-refractivity contribution in [3.05, 3.63) is 11.4 Å². The summed E-state index contributed by atoms with van der Waals surface area (Å²) in [5.74, 6) is -1.11. The van der Waals surface area contributed by atoms with Crippen LogP contribution < -0.4 is 4.72 Å². The molecule has 0 radical (unpaired) electrons. The van der Waals surface area contributed by atoms with Gasteiger partial charge in [-0.15, -0.1) is 0 Å². The molecule has 1 aliphatic rings. The topological polar surface area (TPSA) is 112 Å². The molecule has 3 N–H and O–H groups in total. The van der Waals surface area contributed by atoms with Crippen molar-refractivity contribution in [2.45, 2.75) is 56.9 Å². The quantitative estimate of drug-likeness (QED) is 0.732. The number of aromatic nitrogens is 2. The van der Waals surface area contributed by atoms with Gasteiger partial charge < -0.3 is 5.11 Å². The van der Waals surface area contributed by atoms with Gasteiger partial charge in [0, 0.05) is 6.04 Å². The molecule has 1 aromatic heterocycles. The molecule has 1 heterocycles. The number of hydrogen-bond donors (Lipinski definition) is 3. The molecule has 0 bridgehead atoms. The highest BCUT2D eigenvalue weighted by atomic mass is 32.2. The van der Waals surface area contributed by atoms with Gasteiger partial charge in [-0.25, -0.2) is 17.9 Å². The highest BCUT2D eigenvalue weighted by Crippen LogP contribution is 2.25.